The van der Waals surface area contributed by atoms with E-state index in [-0.39, 0.29) is 5.91 Å². The highest BCUT2D eigenvalue weighted by Gasteiger charge is 2.18. The highest BCUT2D eigenvalue weighted by molar-refractivity contribution is 7.99. The number of anilines is 2. The predicted octanol–water partition coefficient (Wildman–Crippen LogP) is 3.99. The van der Waals surface area contributed by atoms with Crippen LogP contribution in [0.25, 0.3) is 0 Å². The maximum atomic E-state index is 12.4. The van der Waals surface area contributed by atoms with Gasteiger partial charge in [0.15, 0.2) is 5.16 Å². The van der Waals surface area contributed by atoms with Crippen molar-refractivity contribution in [2.24, 2.45) is 7.05 Å². The molecule has 33 heavy (non-hydrogen) atoms. The summed E-state index contributed by atoms with van der Waals surface area (Å²) in [4.78, 5) is 17.3. The zero-order valence-corrected chi connectivity index (χ0v) is 20.4. The summed E-state index contributed by atoms with van der Waals surface area (Å²) < 4.78 is 1.96. The van der Waals surface area contributed by atoms with Gasteiger partial charge in [0, 0.05) is 57.1 Å². The highest BCUT2D eigenvalue weighted by Crippen LogP contribution is 2.22. The molecule has 3 aromatic rings. The molecule has 174 valence electrons. The molecule has 1 aliphatic rings. The Labute approximate surface area is 200 Å². The first-order valence-corrected chi connectivity index (χ1v) is 12.4. The van der Waals surface area contributed by atoms with Crippen molar-refractivity contribution in [3.8, 4) is 0 Å². The van der Waals surface area contributed by atoms with Crippen LogP contribution in [-0.2, 0) is 18.4 Å². The summed E-state index contributed by atoms with van der Waals surface area (Å²) in [6, 6.07) is 18.8. The molecule has 1 aromatic heterocycles. The van der Waals surface area contributed by atoms with Crippen molar-refractivity contribution in [2.75, 3.05) is 42.1 Å². The molecule has 1 aliphatic heterocycles. The molecular weight excluding hydrogens is 432 g/mol. The Morgan fingerprint density at radius 1 is 1.00 bits per heavy atom. The molecule has 8 heteroatoms. The molecular formula is C25H32N6OS. The fourth-order valence-corrected chi connectivity index (χ4v) is 4.76. The summed E-state index contributed by atoms with van der Waals surface area (Å²) in [5, 5.41) is 12.1. The number of hydrogen-bond acceptors (Lipinski definition) is 6. The number of carbonyl (C=O) groups excluding carboxylic acids is 1. The number of benzene rings is 2. The number of aromatic nitrogens is 3. The monoisotopic (exact) mass is 464 g/mol. The van der Waals surface area contributed by atoms with E-state index in [1.807, 2.05) is 23.7 Å². The Balaban J connectivity index is 1.23. The van der Waals surface area contributed by atoms with Crippen LogP contribution in [-0.4, -0.2) is 57.5 Å². The third kappa shape index (κ3) is 6.15. The van der Waals surface area contributed by atoms with Gasteiger partial charge in [-0.1, -0.05) is 55.9 Å². The van der Waals surface area contributed by atoms with Crippen LogP contribution in [0.4, 0.5) is 11.4 Å². The van der Waals surface area contributed by atoms with Gasteiger partial charge in [-0.2, -0.15) is 0 Å². The minimum absolute atomic E-state index is 0.0450. The number of carbonyl (C=O) groups is 1. The Morgan fingerprint density at radius 3 is 2.33 bits per heavy atom. The lowest BCUT2D eigenvalue weighted by molar-refractivity contribution is -0.113. The van der Waals surface area contributed by atoms with E-state index in [4.69, 9.17) is 0 Å². The summed E-state index contributed by atoms with van der Waals surface area (Å²) in [7, 11) is 1.94. The van der Waals surface area contributed by atoms with Gasteiger partial charge in [0.1, 0.15) is 5.82 Å². The fraction of sp³-hybridized carbons (Fsp3) is 0.400. The molecule has 0 bridgehead atoms. The number of amides is 1. The van der Waals surface area contributed by atoms with Crippen LogP contribution >= 0.6 is 11.8 Å². The zero-order valence-electron chi connectivity index (χ0n) is 19.6. The second kappa shape index (κ2) is 10.9. The molecule has 2 heterocycles. The number of nitrogens with zero attached hydrogens (tertiary/aromatic N) is 5. The van der Waals surface area contributed by atoms with Crippen molar-refractivity contribution in [1.82, 2.24) is 19.7 Å². The molecule has 0 atom stereocenters. The summed E-state index contributed by atoms with van der Waals surface area (Å²) in [5.41, 5.74) is 3.37. The number of nitrogens with one attached hydrogen (secondary N) is 1. The smallest absolute Gasteiger partial charge is 0.234 e. The Hall–Kier alpha value is -2.84. The van der Waals surface area contributed by atoms with Gasteiger partial charge in [-0.25, -0.2) is 0 Å². The SMILES string of the molecule is CC(C)c1nnc(SCC(=O)Nc2ccc(N3CCN(Cc4ccccc4)CC3)cc2)n1C. The van der Waals surface area contributed by atoms with E-state index < -0.39 is 0 Å². The van der Waals surface area contributed by atoms with Crippen LogP contribution in [0, 0.1) is 0 Å². The molecule has 0 spiro atoms. The van der Waals surface area contributed by atoms with Crippen LogP contribution in [0.1, 0.15) is 31.2 Å². The molecule has 1 fully saturated rings. The van der Waals surface area contributed by atoms with E-state index in [9.17, 15) is 4.79 Å². The van der Waals surface area contributed by atoms with Crippen LogP contribution < -0.4 is 10.2 Å². The maximum Gasteiger partial charge on any atom is 0.234 e. The van der Waals surface area contributed by atoms with Crippen molar-refractivity contribution in [3.05, 3.63) is 66.0 Å². The minimum Gasteiger partial charge on any atom is -0.369 e. The second-order valence-electron chi connectivity index (χ2n) is 8.69. The first kappa shape index (κ1) is 23.3. The van der Waals surface area contributed by atoms with Gasteiger partial charge in [-0.3, -0.25) is 9.69 Å². The van der Waals surface area contributed by atoms with Crippen molar-refractivity contribution in [3.63, 3.8) is 0 Å². The van der Waals surface area contributed by atoms with Crippen LogP contribution in [0.3, 0.4) is 0 Å². The molecule has 2 aromatic carbocycles. The lowest BCUT2D eigenvalue weighted by Gasteiger charge is -2.36. The van der Waals surface area contributed by atoms with Gasteiger partial charge < -0.3 is 14.8 Å². The largest absolute Gasteiger partial charge is 0.369 e. The lowest BCUT2D eigenvalue weighted by Crippen LogP contribution is -2.45. The fourth-order valence-electron chi connectivity index (χ4n) is 4.04. The first-order chi connectivity index (χ1) is 16.0. The Bertz CT molecular complexity index is 1040. The Morgan fingerprint density at radius 2 is 1.70 bits per heavy atom. The van der Waals surface area contributed by atoms with Gasteiger partial charge in [0.25, 0.3) is 0 Å². The quantitative estimate of drug-likeness (QED) is 0.509. The van der Waals surface area contributed by atoms with Crippen molar-refractivity contribution in [2.45, 2.75) is 31.5 Å². The number of piperazine rings is 1. The molecule has 1 saturated heterocycles. The number of rotatable bonds is 8. The zero-order chi connectivity index (χ0) is 23.2. The summed E-state index contributed by atoms with van der Waals surface area (Å²) in [6.07, 6.45) is 0. The third-order valence-corrected chi connectivity index (χ3v) is 6.88. The normalized spacial score (nSPS) is 14.6. The molecule has 7 nitrogen and oxygen atoms in total. The van der Waals surface area contributed by atoms with Crippen LogP contribution in [0.5, 0.6) is 0 Å². The van der Waals surface area contributed by atoms with Crippen LogP contribution in [0.2, 0.25) is 0 Å². The van der Waals surface area contributed by atoms with Gasteiger partial charge in [0.2, 0.25) is 5.91 Å². The van der Waals surface area contributed by atoms with Crippen molar-refractivity contribution in [1.29, 1.82) is 0 Å². The summed E-state index contributed by atoms with van der Waals surface area (Å²) in [5.74, 6) is 1.48. The molecule has 1 amide bonds. The van der Waals surface area contributed by atoms with Gasteiger partial charge in [0.05, 0.1) is 5.75 Å². The third-order valence-electron chi connectivity index (χ3n) is 5.85. The lowest BCUT2D eigenvalue weighted by atomic mass is 10.2. The number of thioether (sulfide) groups is 1. The molecule has 4 rings (SSSR count). The maximum absolute atomic E-state index is 12.4. The minimum atomic E-state index is -0.0450. The predicted molar refractivity (Wildman–Crippen MR) is 135 cm³/mol. The molecule has 0 radical (unpaired) electrons. The average molecular weight is 465 g/mol. The first-order valence-electron chi connectivity index (χ1n) is 11.4. The van der Waals surface area contributed by atoms with Crippen molar-refractivity contribution >= 4 is 29.0 Å². The topological polar surface area (TPSA) is 66.3 Å². The molecule has 0 unspecified atom stereocenters. The van der Waals surface area contributed by atoms with Crippen LogP contribution in [0.15, 0.2) is 59.8 Å². The van der Waals surface area contributed by atoms with Gasteiger partial charge in [-0.15, -0.1) is 10.2 Å². The molecule has 0 aliphatic carbocycles. The average Bonchev–Trinajstić information content (AvgIpc) is 3.20. The Kier molecular flexibility index (Phi) is 7.67. The highest BCUT2D eigenvalue weighted by atomic mass is 32.2. The van der Waals surface area contributed by atoms with E-state index >= 15 is 0 Å². The van der Waals surface area contributed by atoms with E-state index in [1.54, 1.807) is 0 Å². The van der Waals surface area contributed by atoms with E-state index in [2.05, 4.69) is 81.6 Å². The molecule has 1 N–H and O–H groups in total. The van der Waals surface area contributed by atoms with E-state index in [0.717, 1.165) is 49.4 Å². The second-order valence-corrected chi connectivity index (χ2v) is 9.63. The number of hydrogen-bond donors (Lipinski definition) is 1. The summed E-state index contributed by atoms with van der Waals surface area (Å²) in [6.45, 7) is 9.27. The molecule has 0 saturated carbocycles. The van der Waals surface area contributed by atoms with Gasteiger partial charge in [-0.05, 0) is 29.8 Å². The van der Waals surface area contributed by atoms with E-state index in [0.29, 0.717) is 11.7 Å². The van der Waals surface area contributed by atoms with E-state index in [1.165, 1.54) is 23.0 Å². The van der Waals surface area contributed by atoms with Crippen molar-refractivity contribution < 1.29 is 4.79 Å². The summed E-state index contributed by atoms with van der Waals surface area (Å²) >= 11 is 1.40. The van der Waals surface area contributed by atoms with Gasteiger partial charge >= 0.3 is 0 Å². The standard InChI is InChI=1S/C25H32N6OS/c1-19(2)24-27-28-25(29(24)3)33-18-23(32)26-21-9-11-22(12-10-21)31-15-13-30(14-16-31)17-20-7-5-4-6-8-20/h4-12,19H,13-18H2,1-3H3,(H,26,32).